The second kappa shape index (κ2) is 6.87. The van der Waals surface area contributed by atoms with Crippen LogP contribution in [0.15, 0.2) is 35.3 Å². The van der Waals surface area contributed by atoms with E-state index in [0.29, 0.717) is 29.0 Å². The molecule has 2 aromatic heterocycles. The first-order valence-corrected chi connectivity index (χ1v) is 8.18. The lowest BCUT2D eigenvalue weighted by Gasteiger charge is -2.27. The van der Waals surface area contributed by atoms with Gasteiger partial charge < -0.3 is 4.98 Å². The second-order valence-corrected chi connectivity index (χ2v) is 5.99. The van der Waals surface area contributed by atoms with Crippen molar-refractivity contribution in [2.75, 3.05) is 6.54 Å². The zero-order valence-corrected chi connectivity index (χ0v) is 14.5. The predicted octanol–water partition coefficient (Wildman–Crippen LogP) is 2.11. The summed E-state index contributed by atoms with van der Waals surface area (Å²) in [5.74, 6) is 0.614. The number of aromatic amines is 1. The van der Waals surface area contributed by atoms with Crippen LogP contribution < -0.4 is 5.56 Å². The molecule has 0 spiro atoms. The molecule has 1 N–H and O–H groups in total. The Morgan fingerprint density at radius 1 is 1.36 bits per heavy atom. The number of H-pyrrole nitrogens is 1. The SMILES string of the molecule is CCN(Cc1nc2c(cnn2C)c(=O)[nH]1)C(C)c1ccc(C#N)cc1. The molecule has 0 aliphatic heterocycles. The highest BCUT2D eigenvalue weighted by atomic mass is 16.1. The molecule has 25 heavy (non-hydrogen) atoms. The average molecular weight is 336 g/mol. The van der Waals surface area contributed by atoms with E-state index in [1.165, 1.54) is 6.20 Å². The third kappa shape index (κ3) is 3.30. The van der Waals surface area contributed by atoms with E-state index in [9.17, 15) is 4.79 Å². The van der Waals surface area contributed by atoms with Gasteiger partial charge in [0.05, 0.1) is 24.4 Å². The molecular weight excluding hydrogens is 316 g/mol. The van der Waals surface area contributed by atoms with Crippen LogP contribution in [0.5, 0.6) is 0 Å². The molecule has 3 aromatic rings. The van der Waals surface area contributed by atoms with Gasteiger partial charge in [0.1, 0.15) is 11.2 Å². The molecule has 1 aromatic carbocycles. The highest BCUT2D eigenvalue weighted by Crippen LogP contribution is 2.22. The zero-order chi connectivity index (χ0) is 18.0. The lowest BCUT2D eigenvalue weighted by Crippen LogP contribution is -2.28. The van der Waals surface area contributed by atoms with Gasteiger partial charge in [-0.15, -0.1) is 0 Å². The molecule has 1 atom stereocenters. The predicted molar refractivity (Wildman–Crippen MR) is 94.8 cm³/mol. The Balaban J connectivity index is 1.87. The lowest BCUT2D eigenvalue weighted by molar-refractivity contribution is 0.207. The summed E-state index contributed by atoms with van der Waals surface area (Å²) in [7, 11) is 1.77. The molecule has 0 bridgehead atoms. The number of nitrogens with one attached hydrogen (secondary N) is 1. The van der Waals surface area contributed by atoms with E-state index >= 15 is 0 Å². The molecular formula is C18H20N6O. The van der Waals surface area contributed by atoms with Gasteiger partial charge in [0.15, 0.2) is 5.65 Å². The number of nitriles is 1. The van der Waals surface area contributed by atoms with Crippen LogP contribution in [0.4, 0.5) is 0 Å². The first-order valence-electron chi connectivity index (χ1n) is 8.18. The van der Waals surface area contributed by atoms with Crippen molar-refractivity contribution in [1.29, 1.82) is 5.26 Å². The summed E-state index contributed by atoms with van der Waals surface area (Å²) in [4.78, 5) is 21.8. The molecule has 1 unspecified atom stereocenters. The Hall–Kier alpha value is -2.98. The van der Waals surface area contributed by atoms with Gasteiger partial charge in [0, 0.05) is 13.1 Å². The van der Waals surface area contributed by atoms with E-state index in [1.54, 1.807) is 11.7 Å². The number of hydrogen-bond donors (Lipinski definition) is 1. The Morgan fingerprint density at radius 3 is 2.72 bits per heavy atom. The number of rotatable bonds is 5. The summed E-state index contributed by atoms with van der Waals surface area (Å²) in [6.45, 7) is 5.49. The first kappa shape index (κ1) is 16.9. The molecule has 2 heterocycles. The molecule has 0 aliphatic carbocycles. The van der Waals surface area contributed by atoms with E-state index in [1.807, 2.05) is 24.3 Å². The van der Waals surface area contributed by atoms with Gasteiger partial charge in [0.25, 0.3) is 5.56 Å². The molecule has 3 rings (SSSR count). The van der Waals surface area contributed by atoms with Crippen LogP contribution in [0.3, 0.4) is 0 Å². The minimum Gasteiger partial charge on any atom is -0.309 e. The third-order valence-electron chi connectivity index (χ3n) is 4.48. The van der Waals surface area contributed by atoms with Crippen molar-refractivity contribution < 1.29 is 0 Å². The van der Waals surface area contributed by atoms with Gasteiger partial charge in [0.2, 0.25) is 0 Å². The van der Waals surface area contributed by atoms with Crippen LogP contribution in [-0.2, 0) is 13.6 Å². The van der Waals surface area contributed by atoms with E-state index in [-0.39, 0.29) is 11.6 Å². The number of hydrogen-bond acceptors (Lipinski definition) is 5. The van der Waals surface area contributed by atoms with Crippen molar-refractivity contribution in [2.24, 2.45) is 7.05 Å². The highest BCUT2D eigenvalue weighted by molar-refractivity contribution is 5.72. The highest BCUT2D eigenvalue weighted by Gasteiger charge is 2.17. The molecule has 0 fully saturated rings. The molecule has 7 nitrogen and oxygen atoms in total. The van der Waals surface area contributed by atoms with E-state index in [2.05, 4.69) is 39.9 Å². The van der Waals surface area contributed by atoms with Gasteiger partial charge >= 0.3 is 0 Å². The summed E-state index contributed by atoms with van der Waals surface area (Å²) in [6.07, 6.45) is 1.53. The van der Waals surface area contributed by atoms with Crippen LogP contribution in [0.2, 0.25) is 0 Å². The second-order valence-electron chi connectivity index (χ2n) is 5.99. The van der Waals surface area contributed by atoms with Crippen molar-refractivity contribution >= 4 is 11.0 Å². The fourth-order valence-electron chi connectivity index (χ4n) is 2.91. The Morgan fingerprint density at radius 2 is 2.08 bits per heavy atom. The van der Waals surface area contributed by atoms with E-state index in [4.69, 9.17) is 5.26 Å². The van der Waals surface area contributed by atoms with Gasteiger partial charge in [-0.05, 0) is 31.2 Å². The summed E-state index contributed by atoms with van der Waals surface area (Å²) in [5, 5.41) is 13.5. The van der Waals surface area contributed by atoms with Crippen LogP contribution >= 0.6 is 0 Å². The van der Waals surface area contributed by atoms with Crippen molar-refractivity contribution in [1.82, 2.24) is 24.6 Å². The van der Waals surface area contributed by atoms with Crippen LogP contribution in [0.25, 0.3) is 11.0 Å². The summed E-state index contributed by atoms with van der Waals surface area (Å²) < 4.78 is 1.61. The fourth-order valence-corrected chi connectivity index (χ4v) is 2.91. The summed E-state index contributed by atoms with van der Waals surface area (Å²) in [6, 6.07) is 9.83. The number of nitrogens with zero attached hydrogens (tertiary/aromatic N) is 5. The number of benzene rings is 1. The van der Waals surface area contributed by atoms with E-state index in [0.717, 1.165) is 12.1 Å². The normalized spacial score (nSPS) is 12.4. The minimum absolute atomic E-state index is 0.130. The monoisotopic (exact) mass is 336 g/mol. The van der Waals surface area contributed by atoms with Crippen molar-refractivity contribution in [3.05, 3.63) is 57.8 Å². The maximum atomic E-state index is 12.2. The lowest BCUT2D eigenvalue weighted by atomic mass is 10.0. The Kier molecular flexibility index (Phi) is 4.63. The van der Waals surface area contributed by atoms with Crippen molar-refractivity contribution in [3.63, 3.8) is 0 Å². The maximum absolute atomic E-state index is 12.2. The van der Waals surface area contributed by atoms with Gasteiger partial charge in [-0.2, -0.15) is 10.4 Å². The zero-order valence-electron chi connectivity index (χ0n) is 14.5. The topological polar surface area (TPSA) is 90.6 Å². The molecule has 0 saturated carbocycles. The Labute approximate surface area is 145 Å². The fraction of sp³-hybridized carbons (Fsp3) is 0.333. The average Bonchev–Trinajstić information content (AvgIpc) is 3.01. The molecule has 7 heteroatoms. The maximum Gasteiger partial charge on any atom is 0.262 e. The van der Waals surface area contributed by atoms with Crippen LogP contribution in [0.1, 0.15) is 36.8 Å². The number of aromatic nitrogens is 4. The molecule has 0 aliphatic rings. The number of aryl methyl sites for hydroxylation is 1. The van der Waals surface area contributed by atoms with Gasteiger partial charge in [-0.3, -0.25) is 14.4 Å². The van der Waals surface area contributed by atoms with Crippen LogP contribution in [0, 0.1) is 11.3 Å². The largest absolute Gasteiger partial charge is 0.309 e. The molecule has 0 amide bonds. The van der Waals surface area contributed by atoms with Gasteiger partial charge in [-0.1, -0.05) is 19.1 Å². The quantitative estimate of drug-likeness (QED) is 0.770. The molecule has 0 radical (unpaired) electrons. The summed E-state index contributed by atoms with van der Waals surface area (Å²) in [5.41, 5.74) is 2.17. The first-order chi connectivity index (χ1) is 12.0. The minimum atomic E-state index is -0.171. The van der Waals surface area contributed by atoms with E-state index < -0.39 is 0 Å². The smallest absolute Gasteiger partial charge is 0.262 e. The molecule has 0 saturated heterocycles. The van der Waals surface area contributed by atoms with Crippen LogP contribution in [-0.4, -0.2) is 31.2 Å². The van der Waals surface area contributed by atoms with Gasteiger partial charge in [-0.25, -0.2) is 4.98 Å². The van der Waals surface area contributed by atoms with Crippen molar-refractivity contribution in [2.45, 2.75) is 26.4 Å². The summed E-state index contributed by atoms with van der Waals surface area (Å²) >= 11 is 0. The van der Waals surface area contributed by atoms with Crippen molar-refractivity contribution in [3.8, 4) is 6.07 Å². The number of fused-ring (bicyclic) bond motifs is 1. The third-order valence-corrected chi connectivity index (χ3v) is 4.48. The molecule has 128 valence electrons. The Bertz CT molecular complexity index is 979. The standard InChI is InChI=1S/C18H20N6O/c1-4-24(12(2)14-7-5-13(9-19)6-8-14)11-16-21-17-15(18(25)22-16)10-20-23(17)3/h5-8,10,12H,4,11H2,1-3H3,(H,21,22,25).